The molecule has 8 heteroatoms. The number of benzene rings is 2. The lowest BCUT2D eigenvalue weighted by molar-refractivity contribution is -0.138. The van der Waals surface area contributed by atoms with Crippen LogP contribution in [0, 0.1) is 12.7 Å². The molecule has 0 spiro atoms. The number of halogens is 4. The van der Waals surface area contributed by atoms with E-state index in [4.69, 9.17) is 4.74 Å². The van der Waals surface area contributed by atoms with E-state index < -0.39 is 17.6 Å². The summed E-state index contributed by atoms with van der Waals surface area (Å²) in [4.78, 5) is 16.9. The predicted octanol–water partition coefficient (Wildman–Crippen LogP) is 6.08. The van der Waals surface area contributed by atoms with Gasteiger partial charge in [0.2, 0.25) is 0 Å². The standard InChI is InChI=1S/C23H18F4N2O2/c1-13-17(23(25,26)27)7-9-20(21(13)22(30)29-14-4-3-11-28-12-14)31-19-10-8-18(24)15-5-2-6-16(15)19/h3-4,7-12H,2,5-6H2,1H3,(H,29,30). The zero-order valence-corrected chi connectivity index (χ0v) is 16.5. The van der Waals surface area contributed by atoms with Crippen LogP contribution in [0.2, 0.25) is 0 Å². The smallest absolute Gasteiger partial charge is 0.416 e. The van der Waals surface area contributed by atoms with Crippen LogP contribution in [-0.2, 0) is 19.0 Å². The van der Waals surface area contributed by atoms with Crippen LogP contribution in [0.4, 0.5) is 23.2 Å². The Labute approximate surface area is 175 Å². The summed E-state index contributed by atoms with van der Waals surface area (Å²) in [5.74, 6) is -0.792. The molecular weight excluding hydrogens is 412 g/mol. The first-order valence-electron chi connectivity index (χ1n) is 9.66. The van der Waals surface area contributed by atoms with Crippen molar-refractivity contribution >= 4 is 11.6 Å². The molecule has 1 heterocycles. The zero-order valence-electron chi connectivity index (χ0n) is 16.5. The fourth-order valence-electron chi connectivity index (χ4n) is 3.83. The molecule has 0 saturated heterocycles. The minimum Gasteiger partial charge on any atom is -0.456 e. The summed E-state index contributed by atoms with van der Waals surface area (Å²) >= 11 is 0. The molecule has 1 N–H and O–H groups in total. The Balaban J connectivity index is 1.78. The van der Waals surface area contributed by atoms with E-state index in [-0.39, 0.29) is 22.7 Å². The first kappa shape index (κ1) is 20.8. The van der Waals surface area contributed by atoms with Gasteiger partial charge in [-0.3, -0.25) is 9.78 Å². The van der Waals surface area contributed by atoms with E-state index in [1.54, 1.807) is 12.1 Å². The van der Waals surface area contributed by atoms with E-state index >= 15 is 0 Å². The van der Waals surface area contributed by atoms with Gasteiger partial charge in [-0.1, -0.05) is 0 Å². The fourth-order valence-corrected chi connectivity index (χ4v) is 3.83. The van der Waals surface area contributed by atoms with Gasteiger partial charge in [0.15, 0.2) is 0 Å². The van der Waals surface area contributed by atoms with Crippen molar-refractivity contribution in [2.45, 2.75) is 32.4 Å². The number of carbonyl (C=O) groups excluding carboxylic acids is 1. The first-order chi connectivity index (χ1) is 14.8. The van der Waals surface area contributed by atoms with Crippen molar-refractivity contribution in [2.24, 2.45) is 0 Å². The number of amides is 1. The van der Waals surface area contributed by atoms with Gasteiger partial charge in [0.25, 0.3) is 5.91 Å². The number of aromatic nitrogens is 1. The number of nitrogens with one attached hydrogen (secondary N) is 1. The van der Waals surface area contributed by atoms with Crippen molar-refractivity contribution in [1.82, 2.24) is 4.98 Å². The van der Waals surface area contributed by atoms with Gasteiger partial charge in [-0.25, -0.2) is 4.39 Å². The molecule has 1 aromatic heterocycles. The number of nitrogens with zero attached hydrogens (tertiary/aromatic N) is 1. The highest BCUT2D eigenvalue weighted by molar-refractivity contribution is 6.07. The van der Waals surface area contributed by atoms with Crippen molar-refractivity contribution in [3.05, 3.63) is 82.4 Å². The van der Waals surface area contributed by atoms with Crippen molar-refractivity contribution in [3.63, 3.8) is 0 Å². The number of hydrogen-bond acceptors (Lipinski definition) is 3. The van der Waals surface area contributed by atoms with Crippen LogP contribution in [0.25, 0.3) is 0 Å². The van der Waals surface area contributed by atoms with Gasteiger partial charge < -0.3 is 10.1 Å². The number of rotatable bonds is 4. The summed E-state index contributed by atoms with van der Waals surface area (Å²) in [5, 5.41) is 2.56. The summed E-state index contributed by atoms with van der Waals surface area (Å²) in [5.41, 5.74) is 0.122. The molecule has 4 nitrogen and oxygen atoms in total. The van der Waals surface area contributed by atoms with E-state index in [1.807, 2.05) is 0 Å². The minimum absolute atomic E-state index is 0.0346. The third-order valence-corrected chi connectivity index (χ3v) is 5.28. The monoisotopic (exact) mass is 430 g/mol. The highest BCUT2D eigenvalue weighted by atomic mass is 19.4. The molecule has 31 heavy (non-hydrogen) atoms. The summed E-state index contributed by atoms with van der Waals surface area (Å²) in [6.07, 6.45) is 0.178. The molecule has 1 aliphatic carbocycles. The van der Waals surface area contributed by atoms with Crippen molar-refractivity contribution in [3.8, 4) is 11.5 Å². The highest BCUT2D eigenvalue weighted by Gasteiger charge is 2.35. The molecule has 0 saturated carbocycles. The first-order valence-corrected chi connectivity index (χ1v) is 9.66. The summed E-state index contributed by atoms with van der Waals surface area (Å²) in [7, 11) is 0. The third kappa shape index (κ3) is 4.10. The summed E-state index contributed by atoms with van der Waals surface area (Å²) in [6.45, 7) is 1.23. The van der Waals surface area contributed by atoms with Gasteiger partial charge in [0.05, 0.1) is 23.0 Å². The van der Waals surface area contributed by atoms with Crippen LogP contribution < -0.4 is 10.1 Å². The topological polar surface area (TPSA) is 51.2 Å². The van der Waals surface area contributed by atoms with Crippen molar-refractivity contribution in [2.75, 3.05) is 5.32 Å². The fraction of sp³-hybridized carbons (Fsp3) is 0.217. The van der Waals surface area contributed by atoms with E-state index in [9.17, 15) is 22.4 Å². The largest absolute Gasteiger partial charge is 0.456 e. The van der Waals surface area contributed by atoms with E-state index in [2.05, 4.69) is 10.3 Å². The number of hydrogen-bond donors (Lipinski definition) is 1. The minimum atomic E-state index is -4.64. The Morgan fingerprint density at radius 1 is 1.06 bits per heavy atom. The summed E-state index contributed by atoms with van der Waals surface area (Å²) < 4.78 is 60.4. The van der Waals surface area contributed by atoms with E-state index in [0.29, 0.717) is 35.4 Å². The van der Waals surface area contributed by atoms with Crippen molar-refractivity contribution < 1.29 is 27.1 Å². The molecule has 2 aromatic carbocycles. The predicted molar refractivity (Wildman–Crippen MR) is 107 cm³/mol. The Bertz CT molecular complexity index is 1140. The highest BCUT2D eigenvalue weighted by Crippen LogP contribution is 2.40. The lowest BCUT2D eigenvalue weighted by Crippen LogP contribution is -2.18. The number of ether oxygens (including phenoxy) is 1. The van der Waals surface area contributed by atoms with Gasteiger partial charge in [-0.05, 0) is 73.7 Å². The maximum absolute atomic E-state index is 14.1. The average Bonchev–Trinajstić information content (AvgIpc) is 3.21. The number of pyridine rings is 1. The van der Waals surface area contributed by atoms with Crippen LogP contribution >= 0.6 is 0 Å². The van der Waals surface area contributed by atoms with Gasteiger partial charge >= 0.3 is 6.18 Å². The lowest BCUT2D eigenvalue weighted by atomic mass is 9.99. The molecule has 0 atom stereocenters. The van der Waals surface area contributed by atoms with Gasteiger partial charge in [-0.2, -0.15) is 13.2 Å². The molecule has 160 valence electrons. The van der Waals surface area contributed by atoms with Gasteiger partial charge in [-0.15, -0.1) is 0 Å². The lowest BCUT2D eigenvalue weighted by Gasteiger charge is -2.19. The van der Waals surface area contributed by atoms with E-state index in [1.165, 1.54) is 31.5 Å². The second-order valence-electron chi connectivity index (χ2n) is 7.26. The number of anilines is 1. The molecule has 0 unspecified atom stereocenters. The summed E-state index contributed by atoms with van der Waals surface area (Å²) in [6, 6.07) is 7.88. The molecule has 0 radical (unpaired) electrons. The Morgan fingerprint density at radius 3 is 2.52 bits per heavy atom. The number of fused-ring (bicyclic) bond motifs is 1. The molecule has 1 amide bonds. The van der Waals surface area contributed by atoms with Gasteiger partial charge in [0.1, 0.15) is 17.3 Å². The third-order valence-electron chi connectivity index (χ3n) is 5.28. The zero-order chi connectivity index (χ0) is 22.2. The van der Waals surface area contributed by atoms with E-state index in [0.717, 1.165) is 18.6 Å². The average molecular weight is 430 g/mol. The Hall–Kier alpha value is -3.42. The molecular formula is C23H18F4N2O2. The van der Waals surface area contributed by atoms with Crippen LogP contribution in [0.15, 0.2) is 48.8 Å². The quantitative estimate of drug-likeness (QED) is 0.511. The molecule has 1 aliphatic rings. The maximum atomic E-state index is 14.1. The molecule has 0 aliphatic heterocycles. The van der Waals surface area contributed by atoms with Crippen LogP contribution in [0.3, 0.4) is 0 Å². The molecule has 3 aromatic rings. The molecule has 0 fully saturated rings. The maximum Gasteiger partial charge on any atom is 0.416 e. The Morgan fingerprint density at radius 2 is 1.81 bits per heavy atom. The second kappa shape index (κ2) is 8.02. The van der Waals surface area contributed by atoms with Gasteiger partial charge in [0, 0.05) is 11.8 Å². The normalized spacial score (nSPS) is 13.1. The number of alkyl halides is 3. The molecule has 0 bridgehead atoms. The second-order valence-corrected chi connectivity index (χ2v) is 7.26. The van der Waals surface area contributed by atoms with Crippen LogP contribution in [-0.4, -0.2) is 10.9 Å². The SMILES string of the molecule is Cc1c(C(F)(F)F)ccc(Oc2ccc(F)c3c2CCC3)c1C(=O)Nc1cccnc1. The van der Waals surface area contributed by atoms with Crippen LogP contribution in [0.1, 0.15) is 39.0 Å². The number of carbonyl (C=O) groups is 1. The van der Waals surface area contributed by atoms with Crippen LogP contribution in [0.5, 0.6) is 11.5 Å². The Kier molecular flexibility index (Phi) is 5.39. The van der Waals surface area contributed by atoms with Crippen molar-refractivity contribution in [1.29, 1.82) is 0 Å². The molecule has 4 rings (SSSR count).